The summed E-state index contributed by atoms with van der Waals surface area (Å²) in [6.45, 7) is 2.20. The molecule has 2 aliphatic heterocycles. The number of aliphatic carboxylic acids is 1. The number of rotatable bonds is 2. The fourth-order valence-electron chi connectivity index (χ4n) is 3.12. The van der Waals surface area contributed by atoms with Crippen LogP contribution in [0.2, 0.25) is 0 Å². The number of carboxylic acids is 1. The minimum absolute atomic E-state index is 0.00995. The van der Waals surface area contributed by atoms with E-state index in [9.17, 15) is 14.7 Å². The highest BCUT2D eigenvalue weighted by molar-refractivity contribution is 7.10. The third kappa shape index (κ3) is 2.33. The van der Waals surface area contributed by atoms with E-state index in [-0.39, 0.29) is 11.8 Å². The van der Waals surface area contributed by atoms with Gasteiger partial charge in [-0.05, 0) is 49.4 Å². The van der Waals surface area contributed by atoms with Crippen molar-refractivity contribution >= 4 is 23.2 Å². The average molecular weight is 294 g/mol. The smallest absolute Gasteiger partial charge is 0.331 e. The van der Waals surface area contributed by atoms with E-state index >= 15 is 0 Å². The summed E-state index contributed by atoms with van der Waals surface area (Å²) in [5, 5.41) is 14.7. The quantitative estimate of drug-likeness (QED) is 0.861. The van der Waals surface area contributed by atoms with Crippen LogP contribution in [0.25, 0.3) is 0 Å². The Labute approximate surface area is 121 Å². The maximum absolute atomic E-state index is 12.6. The SMILES string of the molecule is O=C(O)C1c2ccsc2CCN1C(=O)C1CCNCC1. The molecule has 0 bridgehead atoms. The van der Waals surface area contributed by atoms with Gasteiger partial charge in [0.1, 0.15) is 0 Å². The van der Waals surface area contributed by atoms with Crippen LogP contribution >= 0.6 is 11.3 Å². The van der Waals surface area contributed by atoms with E-state index in [4.69, 9.17) is 0 Å². The summed E-state index contributed by atoms with van der Waals surface area (Å²) in [7, 11) is 0. The van der Waals surface area contributed by atoms with Gasteiger partial charge in [0.2, 0.25) is 5.91 Å². The third-order valence-corrected chi connectivity index (χ3v) is 5.17. The monoisotopic (exact) mass is 294 g/mol. The highest BCUT2D eigenvalue weighted by Gasteiger charge is 2.39. The minimum Gasteiger partial charge on any atom is -0.479 e. The molecule has 5 nitrogen and oxygen atoms in total. The van der Waals surface area contributed by atoms with Crippen LogP contribution in [0.5, 0.6) is 0 Å². The molecule has 0 spiro atoms. The molecule has 2 N–H and O–H groups in total. The molecule has 108 valence electrons. The van der Waals surface area contributed by atoms with Gasteiger partial charge >= 0.3 is 5.97 Å². The lowest BCUT2D eigenvalue weighted by atomic mass is 9.93. The van der Waals surface area contributed by atoms with Gasteiger partial charge in [0, 0.05) is 17.3 Å². The summed E-state index contributed by atoms with van der Waals surface area (Å²) in [5.41, 5.74) is 0.802. The molecular weight excluding hydrogens is 276 g/mol. The Kier molecular flexibility index (Phi) is 3.76. The maximum atomic E-state index is 12.6. The molecule has 1 atom stereocenters. The maximum Gasteiger partial charge on any atom is 0.331 e. The van der Waals surface area contributed by atoms with E-state index in [1.807, 2.05) is 11.4 Å². The number of fused-ring (bicyclic) bond motifs is 1. The highest BCUT2D eigenvalue weighted by Crippen LogP contribution is 2.35. The lowest BCUT2D eigenvalue weighted by Crippen LogP contribution is -2.47. The number of nitrogens with one attached hydrogen (secondary N) is 1. The number of nitrogens with zero attached hydrogens (tertiary/aromatic N) is 1. The molecule has 6 heteroatoms. The van der Waals surface area contributed by atoms with Crippen molar-refractivity contribution in [1.82, 2.24) is 10.2 Å². The van der Waals surface area contributed by atoms with Crippen molar-refractivity contribution in [3.8, 4) is 0 Å². The standard InChI is InChI=1S/C14H18N2O3S/c17-13(9-1-5-15-6-2-9)16-7-3-11-10(4-8-20-11)12(16)14(18)19/h4,8-9,12,15H,1-3,5-7H2,(H,18,19). The van der Waals surface area contributed by atoms with Crippen LogP contribution in [0.15, 0.2) is 11.4 Å². The first-order chi connectivity index (χ1) is 9.68. The number of carbonyl (C=O) groups is 2. The average Bonchev–Trinajstić information content (AvgIpc) is 2.94. The second-order valence-corrected chi connectivity index (χ2v) is 6.35. The fraction of sp³-hybridized carbons (Fsp3) is 0.571. The van der Waals surface area contributed by atoms with Gasteiger partial charge < -0.3 is 15.3 Å². The second-order valence-electron chi connectivity index (χ2n) is 5.35. The second kappa shape index (κ2) is 5.54. The molecule has 20 heavy (non-hydrogen) atoms. The molecule has 1 unspecified atom stereocenters. The topological polar surface area (TPSA) is 69.6 Å². The summed E-state index contributed by atoms with van der Waals surface area (Å²) >= 11 is 1.58. The molecular formula is C14H18N2O3S. The van der Waals surface area contributed by atoms with Crippen LogP contribution in [0, 0.1) is 5.92 Å². The van der Waals surface area contributed by atoms with E-state index in [0.29, 0.717) is 6.54 Å². The van der Waals surface area contributed by atoms with E-state index in [2.05, 4.69) is 5.32 Å². The van der Waals surface area contributed by atoms with Crippen molar-refractivity contribution in [1.29, 1.82) is 0 Å². The molecule has 1 fully saturated rings. The lowest BCUT2D eigenvalue weighted by Gasteiger charge is -2.36. The Morgan fingerprint density at radius 3 is 2.80 bits per heavy atom. The van der Waals surface area contributed by atoms with E-state index in [1.165, 1.54) is 0 Å². The van der Waals surface area contributed by atoms with Crippen molar-refractivity contribution in [3.63, 3.8) is 0 Å². The molecule has 1 aromatic rings. The van der Waals surface area contributed by atoms with Crippen LogP contribution in [0.1, 0.15) is 29.3 Å². The molecule has 1 amide bonds. The predicted molar refractivity (Wildman–Crippen MR) is 75.7 cm³/mol. The summed E-state index contributed by atoms with van der Waals surface area (Å²) < 4.78 is 0. The third-order valence-electron chi connectivity index (χ3n) is 4.17. The zero-order valence-corrected chi connectivity index (χ0v) is 12.0. The lowest BCUT2D eigenvalue weighted by molar-refractivity contribution is -0.153. The van der Waals surface area contributed by atoms with Gasteiger partial charge in [0.15, 0.2) is 6.04 Å². The molecule has 0 aliphatic carbocycles. The Morgan fingerprint density at radius 1 is 1.35 bits per heavy atom. The van der Waals surface area contributed by atoms with E-state index in [1.54, 1.807) is 16.2 Å². The number of piperidine rings is 1. The zero-order valence-electron chi connectivity index (χ0n) is 11.2. The van der Waals surface area contributed by atoms with Crippen LogP contribution in [-0.4, -0.2) is 41.5 Å². The van der Waals surface area contributed by atoms with Gasteiger partial charge in [0.05, 0.1) is 0 Å². The largest absolute Gasteiger partial charge is 0.479 e. The van der Waals surface area contributed by atoms with Gasteiger partial charge in [-0.1, -0.05) is 0 Å². The van der Waals surface area contributed by atoms with Crippen molar-refractivity contribution in [3.05, 3.63) is 21.9 Å². The summed E-state index contributed by atoms with van der Waals surface area (Å²) in [5.74, 6) is -0.944. The zero-order chi connectivity index (χ0) is 14.1. The van der Waals surface area contributed by atoms with E-state index in [0.717, 1.165) is 42.8 Å². The molecule has 0 aromatic carbocycles. The van der Waals surface area contributed by atoms with Gasteiger partial charge in [-0.3, -0.25) is 4.79 Å². The molecule has 3 rings (SSSR count). The molecule has 1 saturated heterocycles. The number of hydrogen-bond donors (Lipinski definition) is 2. The molecule has 3 heterocycles. The van der Waals surface area contributed by atoms with Crippen molar-refractivity contribution < 1.29 is 14.7 Å². The highest BCUT2D eigenvalue weighted by atomic mass is 32.1. The van der Waals surface area contributed by atoms with Crippen molar-refractivity contribution in [2.75, 3.05) is 19.6 Å². The normalized spacial score (nSPS) is 23.4. The number of carbonyl (C=O) groups excluding carboxylic acids is 1. The number of hydrogen-bond acceptors (Lipinski definition) is 4. The predicted octanol–water partition coefficient (Wildman–Crippen LogP) is 1.26. The van der Waals surface area contributed by atoms with Crippen molar-refractivity contribution in [2.45, 2.75) is 25.3 Å². The molecule has 1 aromatic heterocycles. The number of amides is 1. The first-order valence-corrected chi connectivity index (χ1v) is 7.86. The fourth-order valence-corrected chi connectivity index (χ4v) is 4.03. The summed E-state index contributed by atoms with van der Waals surface area (Å²) in [6.07, 6.45) is 2.38. The van der Waals surface area contributed by atoms with Gasteiger partial charge in [-0.15, -0.1) is 11.3 Å². The summed E-state index contributed by atoms with van der Waals surface area (Å²) in [4.78, 5) is 26.9. The Bertz CT molecular complexity index is 522. The van der Waals surface area contributed by atoms with Gasteiger partial charge in [-0.25, -0.2) is 4.79 Å². The first kappa shape index (κ1) is 13.6. The molecule has 0 saturated carbocycles. The van der Waals surface area contributed by atoms with Crippen LogP contribution in [0.4, 0.5) is 0 Å². The van der Waals surface area contributed by atoms with Gasteiger partial charge in [-0.2, -0.15) is 0 Å². The summed E-state index contributed by atoms with van der Waals surface area (Å²) in [6, 6.07) is 1.05. The van der Waals surface area contributed by atoms with Crippen LogP contribution < -0.4 is 5.32 Å². The number of carboxylic acid groups (broad SMARTS) is 1. The Balaban J connectivity index is 1.85. The van der Waals surface area contributed by atoms with Crippen molar-refractivity contribution in [2.24, 2.45) is 5.92 Å². The first-order valence-electron chi connectivity index (χ1n) is 6.98. The van der Waals surface area contributed by atoms with Crippen LogP contribution in [-0.2, 0) is 16.0 Å². The van der Waals surface area contributed by atoms with Crippen LogP contribution in [0.3, 0.4) is 0 Å². The molecule has 2 aliphatic rings. The Morgan fingerprint density at radius 2 is 2.10 bits per heavy atom. The minimum atomic E-state index is -0.924. The molecule has 0 radical (unpaired) electrons. The Hall–Kier alpha value is -1.40. The van der Waals surface area contributed by atoms with E-state index < -0.39 is 12.0 Å². The van der Waals surface area contributed by atoms with Gasteiger partial charge in [0.25, 0.3) is 0 Å². The number of thiophene rings is 1.